The van der Waals surface area contributed by atoms with Crippen molar-refractivity contribution in [3.05, 3.63) is 58.7 Å². The molecule has 2 aromatic rings. The summed E-state index contributed by atoms with van der Waals surface area (Å²) in [5.41, 5.74) is 4.97. The molecule has 35 heavy (non-hydrogen) atoms. The minimum atomic E-state index is -1.15. The number of anilines is 2. The highest BCUT2D eigenvalue weighted by Crippen LogP contribution is 2.25. The Hall–Kier alpha value is -4.01. The summed E-state index contributed by atoms with van der Waals surface area (Å²) in [6.07, 6.45) is -0.934. The van der Waals surface area contributed by atoms with E-state index in [0.29, 0.717) is 11.4 Å². The van der Waals surface area contributed by atoms with E-state index in [1.165, 1.54) is 11.9 Å². The fourth-order valence-corrected chi connectivity index (χ4v) is 3.62. The molecule has 9 nitrogen and oxygen atoms in total. The molecular formula is C26H30N4O5. The van der Waals surface area contributed by atoms with Crippen molar-refractivity contribution < 1.29 is 23.9 Å². The zero-order valence-corrected chi connectivity index (χ0v) is 20.6. The molecule has 2 N–H and O–H groups in total. The first-order chi connectivity index (χ1) is 16.6. The molecule has 0 radical (unpaired) electrons. The van der Waals surface area contributed by atoms with Gasteiger partial charge in [-0.05, 0) is 62.9 Å². The smallest absolute Gasteiger partial charge is 0.355 e. The van der Waals surface area contributed by atoms with Crippen molar-refractivity contribution in [2.45, 2.75) is 53.6 Å². The summed E-state index contributed by atoms with van der Waals surface area (Å²) >= 11 is 0. The molecule has 0 aliphatic carbocycles. The molecule has 1 atom stereocenters. The van der Waals surface area contributed by atoms with E-state index < -0.39 is 23.9 Å². The molecule has 1 heterocycles. The third-order valence-electron chi connectivity index (χ3n) is 5.68. The van der Waals surface area contributed by atoms with Gasteiger partial charge in [0.2, 0.25) is 11.8 Å². The number of carbonyl (C=O) groups is 4. The van der Waals surface area contributed by atoms with Gasteiger partial charge >= 0.3 is 5.97 Å². The Kier molecular flexibility index (Phi) is 8.01. The van der Waals surface area contributed by atoms with Crippen molar-refractivity contribution in [3.8, 4) is 0 Å². The number of hydrogen-bond donors (Lipinski definition) is 2. The van der Waals surface area contributed by atoms with Gasteiger partial charge in [-0.1, -0.05) is 30.3 Å². The van der Waals surface area contributed by atoms with Crippen LogP contribution in [-0.2, 0) is 23.9 Å². The summed E-state index contributed by atoms with van der Waals surface area (Å²) in [6.45, 7) is 8.65. The Morgan fingerprint density at radius 2 is 1.71 bits per heavy atom. The average molecular weight is 479 g/mol. The Morgan fingerprint density at radius 1 is 1.03 bits per heavy atom. The van der Waals surface area contributed by atoms with Crippen LogP contribution in [-0.4, -0.2) is 42.1 Å². The standard InChI is InChI=1S/C26H30N4O5/c1-15-9-10-16(2)21(13-15)30-23(32)12-11-20(29-30)26(34)35-19(5)25(33)27-14-22(31)28-24-17(3)7-6-8-18(24)4/h6-10,13,19H,11-12,14H2,1-5H3,(H,27,33)(H,28,31). The van der Waals surface area contributed by atoms with Gasteiger partial charge in [-0.2, -0.15) is 10.1 Å². The van der Waals surface area contributed by atoms with Crippen LogP contribution in [0.4, 0.5) is 11.4 Å². The molecule has 0 bridgehead atoms. The van der Waals surface area contributed by atoms with Crippen LogP contribution in [0.5, 0.6) is 0 Å². The monoisotopic (exact) mass is 478 g/mol. The summed E-state index contributed by atoms with van der Waals surface area (Å²) < 4.78 is 5.26. The minimum absolute atomic E-state index is 0.0536. The van der Waals surface area contributed by atoms with Crippen molar-refractivity contribution in [1.29, 1.82) is 0 Å². The van der Waals surface area contributed by atoms with E-state index in [9.17, 15) is 19.2 Å². The highest BCUT2D eigenvalue weighted by Gasteiger charge is 2.29. The fraction of sp³-hybridized carbons (Fsp3) is 0.346. The first-order valence-electron chi connectivity index (χ1n) is 11.4. The van der Waals surface area contributed by atoms with Crippen LogP contribution in [0.3, 0.4) is 0 Å². The molecule has 0 spiro atoms. The predicted molar refractivity (Wildman–Crippen MR) is 133 cm³/mol. The largest absolute Gasteiger partial charge is 0.448 e. The van der Waals surface area contributed by atoms with E-state index >= 15 is 0 Å². The summed E-state index contributed by atoms with van der Waals surface area (Å²) in [7, 11) is 0. The van der Waals surface area contributed by atoms with E-state index in [1.807, 2.05) is 64.1 Å². The number of rotatable bonds is 7. The van der Waals surface area contributed by atoms with E-state index in [1.54, 1.807) is 0 Å². The number of hydrazone groups is 1. The van der Waals surface area contributed by atoms with Gasteiger partial charge in [0.1, 0.15) is 5.71 Å². The van der Waals surface area contributed by atoms with Gasteiger partial charge in [-0.15, -0.1) is 0 Å². The summed E-state index contributed by atoms with van der Waals surface area (Å²) in [5.74, 6) is -2.02. The molecular weight excluding hydrogens is 448 g/mol. The first kappa shape index (κ1) is 25.6. The number of esters is 1. The normalized spacial score (nSPS) is 14.1. The maximum absolute atomic E-state index is 12.7. The molecule has 184 valence electrons. The Bertz CT molecular complexity index is 1180. The van der Waals surface area contributed by atoms with E-state index in [4.69, 9.17) is 4.74 Å². The van der Waals surface area contributed by atoms with Crippen molar-refractivity contribution in [2.75, 3.05) is 16.9 Å². The lowest BCUT2D eigenvalue weighted by Crippen LogP contribution is -2.42. The third-order valence-corrected chi connectivity index (χ3v) is 5.68. The zero-order valence-electron chi connectivity index (χ0n) is 20.6. The quantitative estimate of drug-likeness (QED) is 0.593. The lowest BCUT2D eigenvalue weighted by molar-refractivity contribution is -0.148. The van der Waals surface area contributed by atoms with Crippen LogP contribution >= 0.6 is 0 Å². The van der Waals surface area contributed by atoms with Gasteiger partial charge in [0.15, 0.2) is 6.10 Å². The molecule has 3 rings (SSSR count). The van der Waals surface area contributed by atoms with Crippen LogP contribution in [0.25, 0.3) is 0 Å². The van der Waals surface area contributed by atoms with Crippen molar-refractivity contribution in [2.24, 2.45) is 5.10 Å². The van der Waals surface area contributed by atoms with Crippen LogP contribution in [0.2, 0.25) is 0 Å². The van der Waals surface area contributed by atoms with Crippen LogP contribution in [0.1, 0.15) is 42.0 Å². The predicted octanol–water partition coefficient (Wildman–Crippen LogP) is 3.09. The summed E-state index contributed by atoms with van der Waals surface area (Å²) in [5, 5.41) is 10.7. The number of nitrogens with one attached hydrogen (secondary N) is 2. The number of hydrogen-bond acceptors (Lipinski definition) is 6. The van der Waals surface area contributed by atoms with Gasteiger partial charge in [0.25, 0.3) is 5.91 Å². The second-order valence-electron chi connectivity index (χ2n) is 8.62. The van der Waals surface area contributed by atoms with Gasteiger partial charge < -0.3 is 15.4 Å². The maximum atomic E-state index is 12.7. The number of aryl methyl sites for hydroxylation is 4. The molecule has 1 aliphatic heterocycles. The Morgan fingerprint density at radius 3 is 2.40 bits per heavy atom. The number of amides is 3. The molecule has 0 aromatic heterocycles. The number of carbonyl (C=O) groups excluding carboxylic acids is 4. The molecule has 2 aromatic carbocycles. The van der Waals surface area contributed by atoms with Crippen molar-refractivity contribution in [1.82, 2.24) is 5.32 Å². The van der Waals surface area contributed by atoms with Crippen LogP contribution in [0, 0.1) is 27.7 Å². The van der Waals surface area contributed by atoms with Gasteiger partial charge in [0, 0.05) is 18.5 Å². The van der Waals surface area contributed by atoms with Crippen LogP contribution in [0.15, 0.2) is 41.5 Å². The second kappa shape index (κ2) is 10.9. The average Bonchev–Trinajstić information content (AvgIpc) is 2.81. The topological polar surface area (TPSA) is 117 Å². The summed E-state index contributed by atoms with van der Waals surface area (Å²) in [6, 6.07) is 11.3. The lowest BCUT2D eigenvalue weighted by Gasteiger charge is -2.25. The van der Waals surface area contributed by atoms with Gasteiger partial charge in [-0.3, -0.25) is 14.4 Å². The Balaban J connectivity index is 1.58. The molecule has 3 amide bonds. The number of ether oxygens (including phenoxy) is 1. The molecule has 0 saturated carbocycles. The molecule has 9 heteroatoms. The number of nitrogens with zero attached hydrogens (tertiary/aromatic N) is 2. The van der Waals surface area contributed by atoms with E-state index in [2.05, 4.69) is 15.7 Å². The SMILES string of the molecule is Cc1ccc(C)c(N2N=C(C(=O)OC(C)C(=O)NCC(=O)Nc3c(C)cccc3C)CCC2=O)c1. The molecule has 1 aliphatic rings. The van der Waals surface area contributed by atoms with Gasteiger partial charge in [-0.25, -0.2) is 4.79 Å². The fourth-order valence-electron chi connectivity index (χ4n) is 3.62. The van der Waals surface area contributed by atoms with E-state index in [0.717, 1.165) is 22.3 Å². The van der Waals surface area contributed by atoms with Crippen molar-refractivity contribution in [3.63, 3.8) is 0 Å². The third kappa shape index (κ3) is 6.32. The lowest BCUT2D eigenvalue weighted by atomic mass is 10.1. The molecule has 0 saturated heterocycles. The second-order valence-corrected chi connectivity index (χ2v) is 8.62. The minimum Gasteiger partial charge on any atom is -0.448 e. The van der Waals surface area contributed by atoms with Gasteiger partial charge in [0.05, 0.1) is 12.2 Å². The van der Waals surface area contributed by atoms with Crippen molar-refractivity contribution >= 4 is 40.8 Å². The molecule has 1 unspecified atom stereocenters. The molecule has 0 fully saturated rings. The first-order valence-corrected chi connectivity index (χ1v) is 11.4. The maximum Gasteiger partial charge on any atom is 0.355 e. The highest BCUT2D eigenvalue weighted by molar-refractivity contribution is 6.38. The zero-order chi connectivity index (χ0) is 25.7. The van der Waals surface area contributed by atoms with E-state index in [-0.39, 0.29) is 31.0 Å². The number of para-hydroxylation sites is 1. The Labute approximate surface area is 204 Å². The van der Waals surface area contributed by atoms with Crippen LogP contribution < -0.4 is 15.6 Å². The highest BCUT2D eigenvalue weighted by atomic mass is 16.5. The number of benzene rings is 2. The summed E-state index contributed by atoms with van der Waals surface area (Å²) in [4.78, 5) is 49.8.